The molecule has 2 N–H and O–H groups in total. The molecule has 2 aliphatic rings. The van der Waals surface area contributed by atoms with Crippen LogP contribution in [-0.4, -0.2) is 38.0 Å². The molecule has 0 saturated carbocycles. The molecule has 2 aliphatic heterocycles. The molecule has 3 aromatic carbocycles. The van der Waals surface area contributed by atoms with Crippen LogP contribution in [0.3, 0.4) is 0 Å². The first-order valence-electron chi connectivity index (χ1n) is 12.0. The van der Waals surface area contributed by atoms with Crippen LogP contribution in [0.5, 0.6) is 11.5 Å². The number of nitrogens with two attached hydrogens (primary N) is 1. The second kappa shape index (κ2) is 9.14. The Hall–Kier alpha value is -4.57. The van der Waals surface area contributed by atoms with E-state index in [1.54, 1.807) is 30.3 Å². The number of aryl methyl sites for hydroxylation is 1. The molecule has 1 saturated heterocycles. The molecule has 3 aromatic rings. The quantitative estimate of drug-likeness (QED) is 0.515. The van der Waals surface area contributed by atoms with E-state index in [-0.39, 0.29) is 5.78 Å². The number of para-hydroxylation sites is 1. The van der Waals surface area contributed by atoms with Gasteiger partial charge in [-0.25, -0.2) is 0 Å². The number of nitrogens with zero attached hydrogens (tertiary/aromatic N) is 2. The molecule has 1 amide bonds. The molecule has 0 spiro atoms. The number of hydrogen-bond acceptors (Lipinski definition) is 6. The Kier molecular flexibility index (Phi) is 5.96. The van der Waals surface area contributed by atoms with Crippen LogP contribution in [0.2, 0.25) is 0 Å². The van der Waals surface area contributed by atoms with Gasteiger partial charge in [0.15, 0.2) is 22.7 Å². The van der Waals surface area contributed by atoms with Crippen LogP contribution in [0, 0.1) is 23.7 Å². The molecule has 37 heavy (non-hydrogen) atoms. The van der Waals surface area contributed by atoms with E-state index in [2.05, 4.69) is 6.07 Å². The van der Waals surface area contributed by atoms with E-state index in [1.807, 2.05) is 60.4 Å². The molecule has 0 unspecified atom stereocenters. The lowest BCUT2D eigenvalue weighted by Crippen LogP contribution is -2.49. The summed E-state index contributed by atoms with van der Waals surface area (Å²) in [6.07, 6.45) is 3.70. The van der Waals surface area contributed by atoms with E-state index in [0.29, 0.717) is 22.6 Å². The fourth-order valence-electron chi connectivity index (χ4n) is 5.74. The lowest BCUT2D eigenvalue weighted by molar-refractivity contribution is -0.125. The lowest BCUT2D eigenvalue weighted by Gasteiger charge is -2.36. The van der Waals surface area contributed by atoms with Crippen LogP contribution in [0.1, 0.15) is 33.0 Å². The van der Waals surface area contributed by atoms with Gasteiger partial charge in [-0.1, -0.05) is 66.2 Å². The second-order valence-corrected chi connectivity index (χ2v) is 9.38. The third-order valence-electron chi connectivity index (χ3n) is 7.51. The predicted molar refractivity (Wildman–Crippen MR) is 141 cm³/mol. The smallest absolute Gasteiger partial charge is 0.241 e. The maximum atomic E-state index is 14.3. The van der Waals surface area contributed by atoms with Gasteiger partial charge in [0.05, 0.1) is 26.3 Å². The highest BCUT2D eigenvalue weighted by atomic mass is 16.5. The number of anilines is 1. The monoisotopic (exact) mass is 493 g/mol. The number of rotatable bonds is 6. The molecule has 0 aliphatic carbocycles. The minimum Gasteiger partial charge on any atom is -0.493 e. The summed E-state index contributed by atoms with van der Waals surface area (Å²) in [7, 11) is 3.04. The predicted octanol–water partition coefficient (Wildman–Crippen LogP) is 4.26. The Bertz CT molecular complexity index is 1460. The van der Waals surface area contributed by atoms with Gasteiger partial charge in [-0.15, -0.1) is 0 Å². The van der Waals surface area contributed by atoms with Crippen LogP contribution < -0.4 is 20.1 Å². The number of primary amides is 1. The molecule has 0 radical (unpaired) electrons. The van der Waals surface area contributed by atoms with Gasteiger partial charge in [-0.3, -0.25) is 9.59 Å². The van der Waals surface area contributed by atoms with Crippen LogP contribution in [-0.2, 0) is 4.79 Å². The van der Waals surface area contributed by atoms with Crippen molar-refractivity contribution >= 4 is 23.5 Å². The highest BCUT2D eigenvalue weighted by Gasteiger charge is 2.65. The van der Waals surface area contributed by atoms with Crippen LogP contribution in [0.4, 0.5) is 5.69 Å². The van der Waals surface area contributed by atoms with Gasteiger partial charge in [-0.05, 0) is 36.2 Å². The van der Waals surface area contributed by atoms with Crippen molar-refractivity contribution in [2.45, 2.75) is 24.9 Å². The molecule has 4 atom stereocenters. The maximum Gasteiger partial charge on any atom is 0.241 e. The first-order valence-corrected chi connectivity index (χ1v) is 12.0. The zero-order valence-corrected chi connectivity index (χ0v) is 20.8. The fraction of sp³-hybridized carbons (Fsp3) is 0.233. The largest absolute Gasteiger partial charge is 0.493 e. The Morgan fingerprint density at radius 3 is 2.35 bits per heavy atom. The highest BCUT2D eigenvalue weighted by molar-refractivity contribution is 6.06. The summed E-state index contributed by atoms with van der Waals surface area (Å²) in [5.41, 5.74) is 8.09. The molecule has 186 valence electrons. The second-order valence-electron chi connectivity index (χ2n) is 9.38. The summed E-state index contributed by atoms with van der Waals surface area (Å²) in [5, 5.41) is 10.7. The number of ketones is 1. The summed E-state index contributed by atoms with van der Waals surface area (Å²) in [6, 6.07) is 20.8. The Morgan fingerprint density at radius 2 is 1.70 bits per heavy atom. The van der Waals surface area contributed by atoms with Gasteiger partial charge in [0, 0.05) is 17.2 Å². The van der Waals surface area contributed by atoms with E-state index in [4.69, 9.17) is 15.2 Å². The average molecular weight is 494 g/mol. The first kappa shape index (κ1) is 24.1. The van der Waals surface area contributed by atoms with E-state index < -0.39 is 29.3 Å². The zero-order chi connectivity index (χ0) is 26.3. The zero-order valence-electron chi connectivity index (χ0n) is 20.8. The number of carbonyl (C=O) groups excluding carboxylic acids is 2. The molecule has 1 fully saturated rings. The summed E-state index contributed by atoms with van der Waals surface area (Å²) in [6.45, 7) is 1.95. The molecule has 7 nitrogen and oxygen atoms in total. The van der Waals surface area contributed by atoms with Crippen LogP contribution >= 0.6 is 0 Å². The fourth-order valence-corrected chi connectivity index (χ4v) is 5.74. The average Bonchev–Trinajstić information content (AvgIpc) is 3.24. The molecule has 0 aromatic heterocycles. The summed E-state index contributed by atoms with van der Waals surface area (Å²) < 4.78 is 10.9. The molecular weight excluding hydrogens is 466 g/mol. The Labute approximate surface area is 215 Å². The number of ether oxygens (including phenoxy) is 2. The van der Waals surface area contributed by atoms with Crippen molar-refractivity contribution in [3.63, 3.8) is 0 Å². The Balaban J connectivity index is 1.81. The molecule has 7 heteroatoms. The number of methoxy groups -OCH3 is 2. The molecule has 2 heterocycles. The number of nitriles is 1. The van der Waals surface area contributed by atoms with Crippen molar-refractivity contribution < 1.29 is 19.1 Å². The van der Waals surface area contributed by atoms with E-state index >= 15 is 0 Å². The van der Waals surface area contributed by atoms with Gasteiger partial charge in [-0.2, -0.15) is 5.26 Å². The first-order chi connectivity index (χ1) is 17.9. The van der Waals surface area contributed by atoms with Gasteiger partial charge in [0.25, 0.3) is 0 Å². The van der Waals surface area contributed by atoms with Crippen LogP contribution in [0.25, 0.3) is 6.08 Å². The van der Waals surface area contributed by atoms with Gasteiger partial charge < -0.3 is 20.1 Å². The van der Waals surface area contributed by atoms with Crippen molar-refractivity contribution in [3.05, 3.63) is 95.1 Å². The Morgan fingerprint density at radius 1 is 1.00 bits per heavy atom. The number of fused-ring (bicyclic) bond motifs is 3. The number of benzene rings is 3. The topological polar surface area (TPSA) is 106 Å². The maximum absolute atomic E-state index is 14.3. The summed E-state index contributed by atoms with van der Waals surface area (Å²) in [5.74, 6) is -0.945. The van der Waals surface area contributed by atoms with Gasteiger partial charge >= 0.3 is 0 Å². The third-order valence-corrected chi connectivity index (χ3v) is 7.51. The van der Waals surface area contributed by atoms with E-state index in [0.717, 1.165) is 16.8 Å². The minimum atomic E-state index is -1.73. The SMILES string of the molecule is COc1ccc([C@H]2[C@H](C(=O)c3ccc(C)cc3)N3c4ccccc4C=C[C@@H]3[C@]2(C#N)C(N)=O)cc1OC. The van der Waals surface area contributed by atoms with Crippen molar-refractivity contribution in [2.75, 3.05) is 19.1 Å². The molecule has 0 bridgehead atoms. The summed E-state index contributed by atoms with van der Waals surface area (Å²) >= 11 is 0. The minimum absolute atomic E-state index is 0.201. The van der Waals surface area contributed by atoms with Crippen molar-refractivity contribution in [2.24, 2.45) is 11.1 Å². The standard InChI is InChI=1S/C30H27N3O4/c1-18-8-10-20(11-9-18)28(34)27-26(21-12-14-23(36-2)24(16-21)37-3)30(17-31,29(32)35)25-15-13-19-6-4-5-7-22(19)33(25)27/h4-16,25-27H,1-3H3,(H2,32,35)/t25-,26+,27-,30+/m1/s1. The number of Topliss-reactive ketones (excluding diaryl/α,β-unsaturated/α-hetero) is 1. The lowest BCUT2D eigenvalue weighted by atomic mass is 9.67. The van der Waals surface area contributed by atoms with E-state index in [1.165, 1.54) is 14.2 Å². The molecule has 5 rings (SSSR count). The third kappa shape index (κ3) is 3.56. The van der Waals surface area contributed by atoms with Crippen molar-refractivity contribution in [1.82, 2.24) is 0 Å². The van der Waals surface area contributed by atoms with Gasteiger partial charge in [0.2, 0.25) is 5.91 Å². The molecular formula is C30H27N3O4. The summed E-state index contributed by atoms with van der Waals surface area (Å²) in [4.78, 5) is 29.5. The number of hydrogen-bond donors (Lipinski definition) is 1. The number of carbonyl (C=O) groups is 2. The van der Waals surface area contributed by atoms with Crippen LogP contribution in [0.15, 0.2) is 72.8 Å². The van der Waals surface area contributed by atoms with Crippen molar-refractivity contribution in [1.29, 1.82) is 5.26 Å². The van der Waals surface area contributed by atoms with Crippen molar-refractivity contribution in [3.8, 4) is 17.6 Å². The highest BCUT2D eigenvalue weighted by Crippen LogP contribution is 2.56. The number of amides is 1. The van der Waals surface area contributed by atoms with Gasteiger partial charge in [0.1, 0.15) is 6.04 Å². The normalized spacial score (nSPS) is 23.5. The van der Waals surface area contributed by atoms with E-state index in [9.17, 15) is 14.9 Å².